The van der Waals surface area contributed by atoms with E-state index in [1.54, 1.807) is 6.08 Å². The summed E-state index contributed by atoms with van der Waals surface area (Å²) >= 11 is 0. The predicted molar refractivity (Wildman–Crippen MR) is 77.9 cm³/mol. The van der Waals surface area contributed by atoms with E-state index in [2.05, 4.69) is 13.2 Å². The van der Waals surface area contributed by atoms with Crippen molar-refractivity contribution in [3.05, 3.63) is 59.7 Å². The lowest BCUT2D eigenvalue weighted by Gasteiger charge is -2.19. The number of hydrogen-bond donors (Lipinski definition) is 0. The zero-order valence-electron chi connectivity index (χ0n) is 12.6. The maximum Gasteiger partial charge on any atom is 0.189 e. The van der Waals surface area contributed by atoms with Crippen LogP contribution in [0.5, 0.6) is 0 Å². The van der Waals surface area contributed by atoms with Gasteiger partial charge in [-0.25, -0.2) is 17.6 Å². The third-order valence-electron chi connectivity index (χ3n) is 3.77. The SMILES string of the molecule is C=CCCCC(C=C)c1c(F)c(F)c(C2OCCO2)c(F)c1F. The molecule has 1 saturated heterocycles. The predicted octanol–water partition coefficient (Wildman–Crippen LogP) is 4.91. The van der Waals surface area contributed by atoms with Crippen LogP contribution in [0.15, 0.2) is 25.3 Å². The van der Waals surface area contributed by atoms with Gasteiger partial charge in [-0.1, -0.05) is 12.2 Å². The first-order chi connectivity index (χ1) is 11.0. The molecule has 0 radical (unpaired) electrons. The Labute approximate surface area is 132 Å². The molecule has 0 saturated carbocycles. The van der Waals surface area contributed by atoms with Crippen LogP contribution < -0.4 is 0 Å². The highest BCUT2D eigenvalue weighted by Gasteiger charge is 2.34. The molecule has 1 heterocycles. The van der Waals surface area contributed by atoms with Crippen molar-refractivity contribution in [2.45, 2.75) is 31.5 Å². The van der Waals surface area contributed by atoms with E-state index in [9.17, 15) is 17.6 Å². The van der Waals surface area contributed by atoms with Crippen molar-refractivity contribution in [1.82, 2.24) is 0 Å². The maximum atomic E-state index is 14.3. The molecule has 1 aromatic rings. The normalized spacial score (nSPS) is 16.5. The topological polar surface area (TPSA) is 18.5 Å². The van der Waals surface area contributed by atoms with E-state index in [1.165, 1.54) is 6.08 Å². The van der Waals surface area contributed by atoms with Crippen LogP contribution in [0.25, 0.3) is 0 Å². The van der Waals surface area contributed by atoms with Gasteiger partial charge in [0.1, 0.15) is 0 Å². The Morgan fingerprint density at radius 2 is 1.57 bits per heavy atom. The summed E-state index contributed by atoms with van der Waals surface area (Å²) in [6, 6.07) is 0. The van der Waals surface area contributed by atoms with Crippen LogP contribution in [-0.2, 0) is 9.47 Å². The van der Waals surface area contributed by atoms with E-state index in [0.29, 0.717) is 19.3 Å². The first kappa shape index (κ1) is 17.7. The van der Waals surface area contributed by atoms with Gasteiger partial charge in [-0.2, -0.15) is 0 Å². The van der Waals surface area contributed by atoms with Crippen LogP contribution in [0.4, 0.5) is 17.6 Å². The van der Waals surface area contributed by atoms with E-state index in [1.807, 2.05) is 0 Å². The van der Waals surface area contributed by atoms with E-state index < -0.39 is 46.6 Å². The third-order valence-corrected chi connectivity index (χ3v) is 3.77. The molecule has 0 amide bonds. The minimum atomic E-state index is -1.48. The first-order valence-corrected chi connectivity index (χ1v) is 7.35. The van der Waals surface area contributed by atoms with Crippen LogP contribution in [0.3, 0.4) is 0 Å². The van der Waals surface area contributed by atoms with Gasteiger partial charge in [0.25, 0.3) is 0 Å². The average Bonchev–Trinajstić information content (AvgIpc) is 3.06. The summed E-state index contributed by atoms with van der Waals surface area (Å²) < 4.78 is 67.1. The van der Waals surface area contributed by atoms with Crippen LogP contribution >= 0.6 is 0 Å². The van der Waals surface area contributed by atoms with E-state index in [0.717, 1.165) is 0 Å². The standard InChI is InChI=1S/C17H18F4O2/c1-3-5-6-7-10(4-2)11-13(18)15(20)12(16(21)14(11)19)17-22-8-9-23-17/h3-4,10,17H,1-2,5-9H2. The number of allylic oxidation sites excluding steroid dienone is 2. The molecule has 2 nitrogen and oxygen atoms in total. The van der Waals surface area contributed by atoms with Crippen molar-refractivity contribution in [3.63, 3.8) is 0 Å². The lowest BCUT2D eigenvalue weighted by molar-refractivity contribution is -0.0498. The summed E-state index contributed by atoms with van der Waals surface area (Å²) in [4.78, 5) is 0. The molecule has 126 valence electrons. The molecule has 1 aromatic carbocycles. The van der Waals surface area contributed by atoms with E-state index >= 15 is 0 Å². The van der Waals surface area contributed by atoms with Crippen molar-refractivity contribution < 1.29 is 27.0 Å². The summed E-state index contributed by atoms with van der Waals surface area (Å²) in [6.45, 7) is 7.26. The minimum absolute atomic E-state index is 0.103. The summed E-state index contributed by atoms with van der Waals surface area (Å²) in [5, 5.41) is 0. The van der Waals surface area contributed by atoms with Crippen molar-refractivity contribution in [3.8, 4) is 0 Å². The summed E-state index contributed by atoms with van der Waals surface area (Å²) in [7, 11) is 0. The Balaban J connectivity index is 2.44. The van der Waals surface area contributed by atoms with Gasteiger partial charge in [0.2, 0.25) is 0 Å². The third kappa shape index (κ3) is 3.48. The molecule has 0 aliphatic carbocycles. The second-order valence-corrected chi connectivity index (χ2v) is 5.22. The molecule has 1 atom stereocenters. The summed E-state index contributed by atoms with van der Waals surface area (Å²) in [5.41, 5.74) is -1.52. The number of rotatable bonds is 7. The number of halogens is 4. The second kappa shape index (κ2) is 7.75. The molecule has 1 aliphatic heterocycles. The first-order valence-electron chi connectivity index (χ1n) is 7.35. The highest BCUT2D eigenvalue weighted by atomic mass is 19.2. The van der Waals surface area contributed by atoms with Crippen molar-refractivity contribution in [2.75, 3.05) is 13.2 Å². The Morgan fingerprint density at radius 1 is 1.00 bits per heavy atom. The number of benzene rings is 1. The molecular formula is C17H18F4O2. The lowest BCUT2D eigenvalue weighted by atomic mass is 9.91. The maximum absolute atomic E-state index is 14.3. The molecule has 1 fully saturated rings. The van der Waals surface area contributed by atoms with Gasteiger partial charge in [-0.15, -0.1) is 13.2 Å². The molecule has 2 rings (SSSR count). The molecule has 0 aromatic heterocycles. The molecule has 1 aliphatic rings. The van der Waals surface area contributed by atoms with Gasteiger partial charge in [0, 0.05) is 11.5 Å². The summed E-state index contributed by atoms with van der Waals surface area (Å²) in [6.07, 6.45) is 3.01. The quantitative estimate of drug-likeness (QED) is 0.306. The van der Waals surface area contributed by atoms with Gasteiger partial charge < -0.3 is 9.47 Å². The lowest BCUT2D eigenvalue weighted by Crippen LogP contribution is -2.15. The average molecular weight is 330 g/mol. The van der Waals surface area contributed by atoms with Crippen LogP contribution in [-0.4, -0.2) is 13.2 Å². The largest absolute Gasteiger partial charge is 0.346 e. The van der Waals surface area contributed by atoms with Gasteiger partial charge in [0.05, 0.1) is 18.8 Å². The zero-order valence-corrected chi connectivity index (χ0v) is 12.6. The van der Waals surface area contributed by atoms with E-state index in [4.69, 9.17) is 9.47 Å². The monoisotopic (exact) mass is 330 g/mol. The number of unbranched alkanes of at least 4 members (excludes halogenated alkanes) is 1. The number of ether oxygens (including phenoxy) is 2. The van der Waals surface area contributed by atoms with Crippen molar-refractivity contribution in [2.24, 2.45) is 0 Å². The Hall–Kier alpha value is -1.66. The fraction of sp³-hybridized carbons (Fsp3) is 0.412. The molecule has 1 unspecified atom stereocenters. The smallest absolute Gasteiger partial charge is 0.189 e. The number of hydrogen-bond acceptors (Lipinski definition) is 2. The zero-order chi connectivity index (χ0) is 17.0. The van der Waals surface area contributed by atoms with Crippen molar-refractivity contribution in [1.29, 1.82) is 0 Å². The Bertz CT molecular complexity index is 566. The molecule has 6 heteroatoms. The minimum Gasteiger partial charge on any atom is -0.346 e. The highest BCUT2D eigenvalue weighted by molar-refractivity contribution is 5.35. The van der Waals surface area contributed by atoms with Gasteiger partial charge in [-0.3, -0.25) is 0 Å². The van der Waals surface area contributed by atoms with Gasteiger partial charge in [0.15, 0.2) is 29.6 Å². The highest BCUT2D eigenvalue weighted by Crippen LogP contribution is 2.37. The molecule has 0 N–H and O–H groups in total. The Kier molecular flexibility index (Phi) is 5.96. The molecular weight excluding hydrogens is 312 g/mol. The molecule has 0 spiro atoms. The van der Waals surface area contributed by atoms with Crippen molar-refractivity contribution >= 4 is 0 Å². The fourth-order valence-corrected chi connectivity index (χ4v) is 2.59. The van der Waals surface area contributed by atoms with E-state index in [-0.39, 0.29) is 13.2 Å². The van der Waals surface area contributed by atoms with Gasteiger partial charge in [-0.05, 0) is 19.3 Å². The Morgan fingerprint density at radius 3 is 2.04 bits per heavy atom. The summed E-state index contributed by atoms with van der Waals surface area (Å²) in [5.74, 6) is -6.66. The fourth-order valence-electron chi connectivity index (χ4n) is 2.59. The second-order valence-electron chi connectivity index (χ2n) is 5.22. The van der Waals surface area contributed by atoms with Crippen LogP contribution in [0.1, 0.15) is 42.6 Å². The van der Waals surface area contributed by atoms with Gasteiger partial charge >= 0.3 is 0 Å². The van der Waals surface area contributed by atoms with Crippen LogP contribution in [0, 0.1) is 23.3 Å². The van der Waals surface area contributed by atoms with Crippen LogP contribution in [0.2, 0.25) is 0 Å². The molecule has 0 bridgehead atoms. The molecule has 23 heavy (non-hydrogen) atoms.